The lowest BCUT2D eigenvalue weighted by molar-refractivity contribution is -0.118. The zero-order valence-corrected chi connectivity index (χ0v) is 18.9. The van der Waals surface area contributed by atoms with E-state index in [1.165, 1.54) is 44.9 Å². The van der Waals surface area contributed by atoms with E-state index >= 15 is 0 Å². The van der Waals surface area contributed by atoms with E-state index in [1.807, 2.05) is 0 Å². The Balaban J connectivity index is 1.41. The smallest absolute Gasteiger partial charge is 0.226 e. The van der Waals surface area contributed by atoms with E-state index in [-0.39, 0.29) is 12.2 Å². The van der Waals surface area contributed by atoms with Crippen LogP contribution in [0, 0.1) is 5.92 Å². The van der Waals surface area contributed by atoms with Crippen molar-refractivity contribution in [3.8, 4) is 0 Å². The summed E-state index contributed by atoms with van der Waals surface area (Å²) in [6.07, 6.45) is 7.69. The number of aromatic nitrogens is 4. The quantitative estimate of drug-likeness (QED) is 0.328. The molecule has 182 valence electrons. The highest BCUT2D eigenvalue weighted by atomic mass is 16.6. The van der Waals surface area contributed by atoms with Gasteiger partial charge in [-0.1, -0.05) is 32.1 Å². The highest BCUT2D eigenvalue weighted by Crippen LogP contribution is 2.34. The van der Waals surface area contributed by atoms with Crippen molar-refractivity contribution in [2.75, 3.05) is 17.6 Å². The van der Waals surface area contributed by atoms with Crippen LogP contribution in [0.4, 0.5) is 11.8 Å². The number of nitrogen functional groups attached to an aromatic ring is 1. The number of aliphatic hydroxyl groups excluding tert-OH is 2. The number of primary amides is 1. The van der Waals surface area contributed by atoms with E-state index < -0.39 is 30.4 Å². The molecule has 2 fully saturated rings. The summed E-state index contributed by atoms with van der Waals surface area (Å²) in [6, 6.07) is 0. The molecule has 1 saturated heterocycles. The summed E-state index contributed by atoms with van der Waals surface area (Å²) in [5, 5.41) is 24.3. The summed E-state index contributed by atoms with van der Waals surface area (Å²) in [5.41, 5.74) is 12.1. The Morgan fingerprint density at radius 3 is 2.70 bits per heavy atom. The molecule has 0 bridgehead atoms. The van der Waals surface area contributed by atoms with Crippen LogP contribution in [0.5, 0.6) is 0 Å². The predicted octanol–water partition coefficient (Wildman–Crippen LogP) is 1.46. The Labute approximate surface area is 192 Å². The van der Waals surface area contributed by atoms with Crippen molar-refractivity contribution in [3.05, 3.63) is 6.33 Å². The normalized spacial score (nSPS) is 26.1. The van der Waals surface area contributed by atoms with Gasteiger partial charge in [0, 0.05) is 13.0 Å². The molecule has 2 aliphatic rings. The third-order valence-electron chi connectivity index (χ3n) is 6.77. The number of anilines is 2. The van der Waals surface area contributed by atoms with Crippen LogP contribution in [0.3, 0.4) is 0 Å². The Kier molecular flexibility index (Phi) is 7.61. The van der Waals surface area contributed by atoms with Crippen molar-refractivity contribution >= 4 is 28.8 Å². The first-order chi connectivity index (χ1) is 15.9. The number of carbonyl (C=O) groups excluding carboxylic acids is 1. The second-order valence-corrected chi connectivity index (χ2v) is 9.23. The summed E-state index contributed by atoms with van der Waals surface area (Å²) in [6.45, 7) is 0.749. The van der Waals surface area contributed by atoms with E-state index in [4.69, 9.17) is 16.2 Å². The second-order valence-electron chi connectivity index (χ2n) is 9.23. The van der Waals surface area contributed by atoms with Gasteiger partial charge in [0.15, 0.2) is 17.7 Å². The minimum absolute atomic E-state index is 0.195. The largest absolute Gasteiger partial charge is 0.388 e. The Morgan fingerprint density at radius 1 is 1.15 bits per heavy atom. The summed E-state index contributed by atoms with van der Waals surface area (Å²) in [7, 11) is 0. The molecule has 2 aromatic heterocycles. The number of hydrogen-bond acceptors (Lipinski definition) is 9. The van der Waals surface area contributed by atoms with Crippen LogP contribution in [0.2, 0.25) is 0 Å². The van der Waals surface area contributed by atoms with Gasteiger partial charge in [-0.2, -0.15) is 9.97 Å². The van der Waals surface area contributed by atoms with Gasteiger partial charge in [0.1, 0.15) is 17.7 Å². The van der Waals surface area contributed by atoms with Crippen molar-refractivity contribution in [3.63, 3.8) is 0 Å². The maximum Gasteiger partial charge on any atom is 0.226 e. The standard InChI is InChI=1S/C22H35N7O4/c23-15(30)10-4-9-14-17(31)18(32)21(33-14)29-12-26-16-19(24)27-22(28-20(16)29)25-11-5-8-13-6-2-1-3-7-13/h12-14,17-18,21,31-32H,1-11H2,(H2,23,30)(H3,24,25,27,28)/t14-,17?,18?,21-/m1/s1. The highest BCUT2D eigenvalue weighted by Gasteiger charge is 2.44. The van der Waals surface area contributed by atoms with Crippen LogP contribution >= 0.6 is 0 Å². The van der Waals surface area contributed by atoms with E-state index in [1.54, 1.807) is 4.57 Å². The highest BCUT2D eigenvalue weighted by molar-refractivity contribution is 5.83. The zero-order valence-electron chi connectivity index (χ0n) is 18.9. The van der Waals surface area contributed by atoms with Gasteiger partial charge in [-0.25, -0.2) is 4.98 Å². The zero-order chi connectivity index (χ0) is 23.4. The van der Waals surface area contributed by atoms with Crippen LogP contribution in [0.25, 0.3) is 11.2 Å². The summed E-state index contributed by atoms with van der Waals surface area (Å²) < 4.78 is 7.49. The van der Waals surface area contributed by atoms with E-state index in [0.29, 0.717) is 30.0 Å². The van der Waals surface area contributed by atoms with Gasteiger partial charge in [-0.3, -0.25) is 9.36 Å². The molecule has 1 aliphatic heterocycles. The van der Waals surface area contributed by atoms with E-state index in [0.717, 1.165) is 18.9 Å². The SMILES string of the molecule is NC(=O)CCC[C@H]1O[C@@H](n2cnc3c(N)nc(NCCCC4CCCCC4)nc32)C(O)C1O. The third kappa shape index (κ3) is 5.53. The van der Waals surface area contributed by atoms with Crippen molar-refractivity contribution < 1.29 is 19.7 Å². The molecule has 0 spiro atoms. The van der Waals surface area contributed by atoms with Crippen LogP contribution in [0.1, 0.15) is 70.4 Å². The average molecular weight is 462 g/mol. The van der Waals surface area contributed by atoms with Gasteiger partial charge in [-0.05, 0) is 31.6 Å². The number of rotatable bonds is 10. The lowest BCUT2D eigenvalue weighted by atomic mass is 9.86. The molecule has 2 unspecified atom stereocenters. The van der Waals surface area contributed by atoms with Crippen molar-refractivity contribution in [1.82, 2.24) is 19.5 Å². The van der Waals surface area contributed by atoms with Gasteiger partial charge in [-0.15, -0.1) is 0 Å². The van der Waals surface area contributed by atoms with Gasteiger partial charge in [0.25, 0.3) is 0 Å². The summed E-state index contributed by atoms with van der Waals surface area (Å²) >= 11 is 0. The topological polar surface area (TPSA) is 174 Å². The van der Waals surface area contributed by atoms with Crippen LogP contribution in [-0.4, -0.2) is 60.5 Å². The van der Waals surface area contributed by atoms with Crippen LogP contribution < -0.4 is 16.8 Å². The van der Waals surface area contributed by atoms with Crippen molar-refractivity contribution in [2.24, 2.45) is 11.7 Å². The number of nitrogens with one attached hydrogen (secondary N) is 1. The van der Waals surface area contributed by atoms with Gasteiger partial charge in [0.05, 0.1) is 12.4 Å². The number of nitrogens with zero attached hydrogens (tertiary/aromatic N) is 4. The lowest BCUT2D eigenvalue weighted by Gasteiger charge is -2.21. The molecule has 4 atom stereocenters. The monoisotopic (exact) mass is 461 g/mol. The molecular formula is C22H35N7O4. The third-order valence-corrected chi connectivity index (χ3v) is 6.77. The molecule has 7 N–H and O–H groups in total. The molecule has 1 amide bonds. The number of nitrogens with two attached hydrogens (primary N) is 2. The maximum atomic E-state index is 11.0. The molecule has 0 radical (unpaired) electrons. The Morgan fingerprint density at radius 2 is 1.94 bits per heavy atom. The number of hydrogen-bond donors (Lipinski definition) is 5. The number of fused-ring (bicyclic) bond motifs is 1. The maximum absolute atomic E-state index is 11.0. The first-order valence-corrected chi connectivity index (χ1v) is 12.0. The molecule has 11 heteroatoms. The van der Waals surface area contributed by atoms with Crippen LogP contribution in [-0.2, 0) is 9.53 Å². The number of ether oxygens (including phenoxy) is 1. The molecule has 0 aromatic carbocycles. The molecule has 1 saturated carbocycles. The molecule has 1 aliphatic carbocycles. The minimum Gasteiger partial charge on any atom is -0.388 e. The molecule has 3 heterocycles. The first-order valence-electron chi connectivity index (χ1n) is 12.0. The fourth-order valence-corrected chi connectivity index (χ4v) is 4.95. The molecular weight excluding hydrogens is 426 g/mol. The number of amides is 1. The van der Waals surface area contributed by atoms with Crippen molar-refractivity contribution in [1.29, 1.82) is 0 Å². The summed E-state index contributed by atoms with van der Waals surface area (Å²) in [5.74, 6) is 1.04. The Hall–Kier alpha value is -2.50. The van der Waals surface area contributed by atoms with Gasteiger partial charge < -0.3 is 31.7 Å². The van der Waals surface area contributed by atoms with Crippen LogP contribution in [0.15, 0.2) is 6.33 Å². The lowest BCUT2D eigenvalue weighted by Crippen LogP contribution is -2.31. The molecule has 33 heavy (non-hydrogen) atoms. The van der Waals surface area contributed by atoms with E-state index in [2.05, 4.69) is 20.3 Å². The number of imidazole rings is 1. The van der Waals surface area contributed by atoms with E-state index in [9.17, 15) is 15.0 Å². The first kappa shape index (κ1) is 23.7. The molecule has 11 nitrogen and oxygen atoms in total. The predicted molar refractivity (Wildman–Crippen MR) is 123 cm³/mol. The number of carbonyl (C=O) groups is 1. The minimum atomic E-state index is -1.18. The number of aliphatic hydroxyl groups is 2. The Bertz CT molecular complexity index is 946. The second kappa shape index (κ2) is 10.6. The fraction of sp³-hybridized carbons (Fsp3) is 0.727. The average Bonchev–Trinajstić information content (AvgIpc) is 3.34. The summed E-state index contributed by atoms with van der Waals surface area (Å²) in [4.78, 5) is 24.1. The van der Waals surface area contributed by atoms with Gasteiger partial charge in [0.2, 0.25) is 11.9 Å². The van der Waals surface area contributed by atoms with Gasteiger partial charge >= 0.3 is 0 Å². The van der Waals surface area contributed by atoms with Crippen molar-refractivity contribution in [2.45, 2.75) is 88.7 Å². The fourth-order valence-electron chi connectivity index (χ4n) is 4.95. The molecule has 4 rings (SSSR count). The molecule has 2 aromatic rings.